The van der Waals surface area contributed by atoms with Gasteiger partial charge in [-0.1, -0.05) is 142 Å². The molecule has 0 aliphatic carbocycles. The minimum Gasteiger partial charge on any atom is -0.507 e. The maximum absolute atomic E-state index is 11.3. The molecule has 0 atom stereocenters. The largest absolute Gasteiger partial charge is 0.507 e. The predicted octanol–water partition coefficient (Wildman–Crippen LogP) is 13.0. The number of fused-ring (bicyclic) bond motifs is 1. The zero-order chi connectivity index (χ0) is 44.5. The Kier molecular flexibility index (Phi) is 8.01. The van der Waals surface area contributed by atoms with Gasteiger partial charge in [0.25, 0.3) is 0 Å². The third-order valence-electron chi connectivity index (χ3n) is 9.67. The summed E-state index contributed by atoms with van der Waals surface area (Å²) in [5.74, 6) is -0.357. The van der Waals surface area contributed by atoms with E-state index in [1.54, 1.807) is 24.3 Å². The zero-order valence-corrected chi connectivity index (χ0v) is 33.4. The van der Waals surface area contributed by atoms with E-state index in [0.717, 1.165) is 44.6 Å². The quantitative estimate of drug-likeness (QED) is 0.162. The van der Waals surface area contributed by atoms with Gasteiger partial charge in [0, 0.05) is 44.1 Å². The first-order valence-electron chi connectivity index (χ1n) is 21.9. The van der Waals surface area contributed by atoms with E-state index in [1.807, 2.05) is 97.3 Å². The van der Waals surface area contributed by atoms with Crippen molar-refractivity contribution in [3.05, 3.63) is 168 Å². The van der Waals surface area contributed by atoms with Crippen molar-refractivity contribution in [3.63, 3.8) is 0 Å². The van der Waals surface area contributed by atoms with Crippen LogP contribution in [-0.4, -0.2) is 19.6 Å². The van der Waals surface area contributed by atoms with Crippen molar-refractivity contribution in [1.82, 2.24) is 14.5 Å². The third-order valence-corrected chi connectivity index (χ3v) is 9.67. The Labute approximate surface area is 350 Å². The molecule has 276 valence electrons. The van der Waals surface area contributed by atoms with Crippen LogP contribution in [-0.2, 0) is 26.5 Å². The number of rotatable bonds is 7. The zero-order valence-electron chi connectivity index (χ0n) is 39.2. The van der Waals surface area contributed by atoms with Crippen LogP contribution in [0.5, 0.6) is 5.75 Å². The topological polar surface area (TPSA) is 50.9 Å². The first-order valence-corrected chi connectivity index (χ1v) is 17.9. The monoisotopic (exact) mass is 905 g/mol. The molecule has 0 amide bonds. The summed E-state index contributed by atoms with van der Waals surface area (Å²) in [6.45, 7) is 7.22. The summed E-state index contributed by atoms with van der Waals surface area (Å²) in [6.07, 6.45) is 1.53. The summed E-state index contributed by atoms with van der Waals surface area (Å²) in [5.41, 5.74) is 8.35. The smallest absolute Gasteiger partial charge is 0.148 e. The summed E-state index contributed by atoms with van der Waals surface area (Å²) in [6, 6.07) is 38.0. The maximum Gasteiger partial charge on any atom is 0.148 e. The van der Waals surface area contributed by atoms with E-state index in [0.29, 0.717) is 33.7 Å². The molecule has 2 aromatic heterocycles. The summed E-state index contributed by atoms with van der Waals surface area (Å²) in [7, 11) is 0. The van der Waals surface area contributed by atoms with Crippen molar-refractivity contribution >= 4 is 11.0 Å². The molecule has 0 saturated heterocycles. The van der Waals surface area contributed by atoms with Crippen LogP contribution in [0, 0.1) is 12.9 Å². The van der Waals surface area contributed by atoms with Crippen molar-refractivity contribution in [2.24, 2.45) is 0 Å². The van der Waals surface area contributed by atoms with E-state index >= 15 is 0 Å². The molecule has 6 aromatic carbocycles. The SMILES string of the molecule is [2H]c1c([2H])c(C([2H])([2H])[2H])c([2H])c([2H])c1-c1ccnc(-c2[c-]c(-c3cccc4c3nc(-c3ccccc3O)n4-c3cc(-c4ccccc4)cc(C([2H])(C)C)c3)cc(C(C)(C)C)c2)c1.[Pt]. The van der Waals surface area contributed by atoms with Crippen LogP contribution in [0.15, 0.2) is 146 Å². The molecule has 1 N–H and O–H groups in total. The van der Waals surface area contributed by atoms with Crippen LogP contribution in [0.4, 0.5) is 0 Å². The van der Waals surface area contributed by atoms with Crippen LogP contribution in [0.2, 0.25) is 0 Å². The minimum absolute atomic E-state index is 0. The second kappa shape index (κ2) is 15.3. The summed E-state index contributed by atoms with van der Waals surface area (Å²) in [4.78, 5) is 9.99. The predicted molar refractivity (Wildman–Crippen MR) is 224 cm³/mol. The number of pyridine rings is 1. The van der Waals surface area contributed by atoms with Gasteiger partial charge in [-0.2, -0.15) is 0 Å². The fourth-order valence-corrected chi connectivity index (χ4v) is 6.72. The molecule has 0 radical (unpaired) electrons. The Bertz CT molecular complexity index is 3010. The molecule has 0 saturated carbocycles. The van der Waals surface area contributed by atoms with E-state index in [-0.39, 0.29) is 37.8 Å². The number of hydrogen-bond acceptors (Lipinski definition) is 3. The molecule has 8 rings (SSSR count). The molecule has 0 spiro atoms. The van der Waals surface area contributed by atoms with E-state index in [1.165, 1.54) is 6.20 Å². The van der Waals surface area contributed by atoms with Crippen LogP contribution in [0.3, 0.4) is 0 Å². The van der Waals surface area contributed by atoms with Crippen molar-refractivity contribution < 1.29 is 37.1 Å². The molecule has 0 unspecified atom stereocenters. The van der Waals surface area contributed by atoms with Crippen LogP contribution in [0.1, 0.15) is 68.2 Å². The van der Waals surface area contributed by atoms with E-state index in [9.17, 15) is 5.11 Å². The molecular weight excluding hydrogens is 854 g/mol. The van der Waals surface area contributed by atoms with Crippen molar-refractivity contribution in [2.75, 3.05) is 0 Å². The third kappa shape index (κ3) is 7.57. The minimum atomic E-state index is -2.82. The van der Waals surface area contributed by atoms with Gasteiger partial charge in [0.15, 0.2) is 0 Å². The number of benzene rings is 6. The van der Waals surface area contributed by atoms with Crippen molar-refractivity contribution in [1.29, 1.82) is 0 Å². The second-order valence-corrected chi connectivity index (χ2v) is 14.7. The number of aromatic hydroxyl groups is 1. The van der Waals surface area contributed by atoms with E-state index < -0.39 is 42.5 Å². The van der Waals surface area contributed by atoms with Gasteiger partial charge in [-0.25, -0.2) is 4.98 Å². The molecule has 4 nitrogen and oxygen atoms in total. The molecule has 5 heteroatoms. The number of phenolic OH excluding ortho intramolecular Hbond substituents is 1. The second-order valence-electron chi connectivity index (χ2n) is 14.7. The van der Waals surface area contributed by atoms with Gasteiger partial charge >= 0.3 is 0 Å². The summed E-state index contributed by atoms with van der Waals surface area (Å²) < 4.78 is 69.2. The Balaban J connectivity index is 0.00000595. The maximum atomic E-state index is 11.3. The molecular formula is C50H44N3OPt-. The van der Waals surface area contributed by atoms with Gasteiger partial charge in [-0.05, 0) is 82.4 Å². The molecule has 0 aliphatic rings. The summed E-state index contributed by atoms with van der Waals surface area (Å²) in [5, 5.41) is 11.3. The number of hydrogen-bond donors (Lipinski definition) is 1. The normalized spacial score (nSPS) is 14.1. The standard InChI is InChI=1S/C50H44N3O.Pt/c1-32(2)37-25-38(34-13-8-7-9-14-34)30-42(29-37)53-46-17-12-16-43(48(46)52-49(53)44-15-10-11-18-47(44)54)39-26-40(28-41(27-39)50(4,5)6)45-31-36(23-24-51-45)35-21-19-33(3)20-22-35;/h7-25,27-32,54H,1-6H3;/q-1;/i3D3,19D,20D,21D,22D,32D;. The Morgan fingerprint density at radius 1 is 0.745 bits per heavy atom. The van der Waals surface area contributed by atoms with Gasteiger partial charge in [-0.3, -0.25) is 9.55 Å². The Morgan fingerprint density at radius 2 is 1.47 bits per heavy atom. The fourth-order valence-electron chi connectivity index (χ4n) is 6.72. The van der Waals surface area contributed by atoms with Crippen LogP contribution < -0.4 is 0 Å². The van der Waals surface area contributed by atoms with Gasteiger partial charge in [-0.15, -0.1) is 29.3 Å². The average Bonchev–Trinajstić information content (AvgIpc) is 3.62. The number of aromatic nitrogens is 3. The first-order chi connectivity index (χ1) is 29.2. The Hall–Kier alpha value is -5.57. The number of imidazole rings is 1. The first kappa shape index (κ1) is 28.8. The molecule has 0 bridgehead atoms. The summed E-state index contributed by atoms with van der Waals surface area (Å²) >= 11 is 0. The Morgan fingerprint density at radius 3 is 2.20 bits per heavy atom. The fraction of sp³-hybridized carbons (Fsp3) is 0.160. The average molecular weight is 906 g/mol. The molecule has 55 heavy (non-hydrogen) atoms. The van der Waals surface area contributed by atoms with E-state index in [2.05, 4.69) is 44.0 Å². The van der Waals surface area contributed by atoms with Crippen molar-refractivity contribution in [3.8, 4) is 67.5 Å². The molecule has 8 aromatic rings. The van der Waals surface area contributed by atoms with Gasteiger partial charge in [0.1, 0.15) is 11.6 Å². The number of phenols is 1. The molecule has 0 aliphatic heterocycles. The van der Waals surface area contributed by atoms with Gasteiger partial charge in [0.05, 0.1) is 22.1 Å². The molecule has 0 fully saturated rings. The van der Waals surface area contributed by atoms with Crippen molar-refractivity contribution in [2.45, 2.75) is 52.8 Å². The van der Waals surface area contributed by atoms with Gasteiger partial charge in [0.2, 0.25) is 0 Å². The molecule has 2 heterocycles. The number of para-hydroxylation sites is 2. The van der Waals surface area contributed by atoms with Gasteiger partial charge < -0.3 is 5.11 Å². The number of nitrogens with zero attached hydrogens (tertiary/aromatic N) is 3. The van der Waals surface area contributed by atoms with Crippen LogP contribution >= 0.6 is 0 Å². The van der Waals surface area contributed by atoms with E-state index in [4.69, 9.17) is 16.0 Å². The van der Waals surface area contributed by atoms with Crippen LogP contribution in [0.25, 0.3) is 72.7 Å².